The van der Waals surface area contributed by atoms with E-state index >= 15 is 0 Å². The molecule has 106 valence electrons. The Hall–Kier alpha value is -1.13. The van der Waals surface area contributed by atoms with Gasteiger partial charge in [0.2, 0.25) is 5.91 Å². The van der Waals surface area contributed by atoms with Crippen molar-refractivity contribution in [2.75, 3.05) is 0 Å². The lowest BCUT2D eigenvalue weighted by atomic mass is 10.1. The van der Waals surface area contributed by atoms with E-state index in [1.54, 1.807) is 12.1 Å². The molecule has 0 saturated heterocycles. The number of amides is 1. The molecule has 19 heavy (non-hydrogen) atoms. The highest BCUT2D eigenvalue weighted by atomic mass is 35.5. The molecule has 0 fully saturated rings. The maximum absolute atomic E-state index is 13.1. The van der Waals surface area contributed by atoms with Gasteiger partial charge in [-0.2, -0.15) is 0 Å². The second-order valence-electron chi connectivity index (χ2n) is 4.84. The van der Waals surface area contributed by atoms with Crippen LogP contribution < -0.4 is 11.1 Å². The van der Waals surface area contributed by atoms with Gasteiger partial charge in [-0.25, -0.2) is 4.39 Å². The first-order chi connectivity index (χ1) is 8.61. The highest BCUT2D eigenvalue weighted by molar-refractivity contribution is 5.85. The number of halogens is 2. The van der Waals surface area contributed by atoms with Crippen molar-refractivity contribution in [1.82, 2.24) is 5.32 Å². The lowest BCUT2D eigenvalue weighted by Gasteiger charge is -2.17. The maximum atomic E-state index is 13.1. The van der Waals surface area contributed by atoms with Gasteiger partial charge in [-0.05, 0) is 42.5 Å². The minimum Gasteiger partial charge on any atom is -0.348 e. The van der Waals surface area contributed by atoms with Gasteiger partial charge >= 0.3 is 0 Å². The number of carbonyl (C=O) groups excluding carboxylic acids is 1. The molecule has 0 bridgehead atoms. The Morgan fingerprint density at radius 3 is 3.00 bits per heavy atom. The van der Waals surface area contributed by atoms with E-state index < -0.39 is 6.04 Å². The zero-order valence-electron chi connectivity index (χ0n) is 11.0. The number of hydrogen-bond donors (Lipinski definition) is 2. The topological polar surface area (TPSA) is 55.1 Å². The van der Waals surface area contributed by atoms with Gasteiger partial charge in [0.05, 0.1) is 12.1 Å². The molecule has 0 aromatic heterocycles. The standard InChI is InChI=1S/C14H19FN2O.ClH/c1-2-3-12(16)14(18)17-13-7-4-9-8-10(15)5-6-11(9)13;/h5-6,8,12-13H,2-4,7,16H2,1H3,(H,17,18);1H. The number of nitrogens with one attached hydrogen (secondary N) is 1. The van der Waals surface area contributed by atoms with Gasteiger partial charge in [0.25, 0.3) is 0 Å². The van der Waals surface area contributed by atoms with Gasteiger partial charge in [0.15, 0.2) is 0 Å². The SMILES string of the molecule is CCCC(N)C(=O)NC1CCc2cc(F)ccc21.Cl. The molecule has 1 aliphatic carbocycles. The molecule has 2 atom stereocenters. The van der Waals surface area contributed by atoms with Crippen LogP contribution in [0.15, 0.2) is 18.2 Å². The summed E-state index contributed by atoms with van der Waals surface area (Å²) in [5.74, 6) is -0.331. The van der Waals surface area contributed by atoms with Gasteiger partial charge in [-0.1, -0.05) is 19.4 Å². The minimum atomic E-state index is -0.445. The predicted molar refractivity (Wildman–Crippen MR) is 75.7 cm³/mol. The molecule has 0 aliphatic heterocycles. The normalized spacial score (nSPS) is 18.4. The Bertz CT molecular complexity index is 453. The van der Waals surface area contributed by atoms with E-state index in [4.69, 9.17) is 5.73 Å². The van der Waals surface area contributed by atoms with E-state index in [9.17, 15) is 9.18 Å². The predicted octanol–water partition coefficient (Wildman–Crippen LogP) is 2.48. The first-order valence-electron chi connectivity index (χ1n) is 6.46. The van der Waals surface area contributed by atoms with E-state index in [2.05, 4.69) is 5.32 Å². The van der Waals surface area contributed by atoms with E-state index in [1.807, 2.05) is 6.92 Å². The molecule has 0 saturated carbocycles. The molecule has 0 radical (unpaired) electrons. The Morgan fingerprint density at radius 2 is 2.32 bits per heavy atom. The second kappa shape index (κ2) is 6.87. The lowest BCUT2D eigenvalue weighted by Crippen LogP contribution is -2.41. The average Bonchev–Trinajstić information content (AvgIpc) is 2.72. The van der Waals surface area contributed by atoms with Gasteiger partial charge < -0.3 is 11.1 Å². The minimum absolute atomic E-state index is 0. The van der Waals surface area contributed by atoms with Gasteiger partial charge in [-0.15, -0.1) is 12.4 Å². The van der Waals surface area contributed by atoms with Crippen LogP contribution in [0.4, 0.5) is 4.39 Å². The first kappa shape index (κ1) is 15.9. The summed E-state index contributed by atoms with van der Waals surface area (Å²) in [7, 11) is 0. The first-order valence-corrected chi connectivity index (χ1v) is 6.46. The van der Waals surface area contributed by atoms with Gasteiger partial charge in [0, 0.05) is 0 Å². The van der Waals surface area contributed by atoms with Crippen molar-refractivity contribution >= 4 is 18.3 Å². The van der Waals surface area contributed by atoms with Crippen LogP contribution >= 0.6 is 12.4 Å². The maximum Gasteiger partial charge on any atom is 0.237 e. The fourth-order valence-electron chi connectivity index (χ4n) is 2.46. The molecular weight excluding hydrogens is 267 g/mol. The third-order valence-corrected chi connectivity index (χ3v) is 3.44. The zero-order valence-corrected chi connectivity index (χ0v) is 11.8. The summed E-state index contributed by atoms with van der Waals surface area (Å²) in [4.78, 5) is 11.9. The Morgan fingerprint density at radius 1 is 1.58 bits per heavy atom. The molecular formula is C14H20ClFN2O. The lowest BCUT2D eigenvalue weighted by molar-refractivity contribution is -0.123. The third kappa shape index (κ3) is 3.67. The molecule has 2 unspecified atom stereocenters. The van der Waals surface area contributed by atoms with Crippen molar-refractivity contribution in [3.8, 4) is 0 Å². The second-order valence-corrected chi connectivity index (χ2v) is 4.84. The average molecular weight is 287 g/mol. The highest BCUT2D eigenvalue weighted by Crippen LogP contribution is 2.31. The van der Waals surface area contributed by atoms with Crippen molar-refractivity contribution in [1.29, 1.82) is 0 Å². The zero-order chi connectivity index (χ0) is 13.1. The smallest absolute Gasteiger partial charge is 0.237 e. The van der Waals surface area contributed by atoms with Gasteiger partial charge in [-0.3, -0.25) is 4.79 Å². The molecule has 0 heterocycles. The Labute approximate surface area is 119 Å². The fraction of sp³-hybridized carbons (Fsp3) is 0.500. The molecule has 0 spiro atoms. The molecule has 5 heteroatoms. The number of nitrogens with two attached hydrogens (primary N) is 1. The Balaban J connectivity index is 0.00000180. The van der Waals surface area contributed by atoms with E-state index in [-0.39, 0.29) is 30.2 Å². The molecule has 1 aromatic carbocycles. The number of rotatable bonds is 4. The van der Waals surface area contributed by atoms with E-state index in [0.29, 0.717) is 6.42 Å². The largest absolute Gasteiger partial charge is 0.348 e. The fourth-order valence-corrected chi connectivity index (χ4v) is 2.46. The molecule has 2 rings (SSSR count). The summed E-state index contributed by atoms with van der Waals surface area (Å²) in [6.07, 6.45) is 3.21. The van der Waals surface area contributed by atoms with E-state index in [0.717, 1.165) is 30.4 Å². The summed E-state index contributed by atoms with van der Waals surface area (Å²) in [5, 5.41) is 2.95. The summed E-state index contributed by atoms with van der Waals surface area (Å²) in [6, 6.07) is 4.28. The van der Waals surface area contributed by atoms with Gasteiger partial charge in [0.1, 0.15) is 5.82 Å². The van der Waals surface area contributed by atoms with Crippen LogP contribution in [0.25, 0.3) is 0 Å². The summed E-state index contributed by atoms with van der Waals surface area (Å²) in [6.45, 7) is 2.00. The number of fused-ring (bicyclic) bond motifs is 1. The van der Waals surface area contributed by atoms with Crippen LogP contribution in [0, 0.1) is 5.82 Å². The van der Waals surface area contributed by atoms with Crippen molar-refractivity contribution in [3.05, 3.63) is 35.1 Å². The van der Waals surface area contributed by atoms with Crippen molar-refractivity contribution in [2.24, 2.45) is 5.73 Å². The van der Waals surface area contributed by atoms with Crippen LogP contribution in [0.2, 0.25) is 0 Å². The molecule has 3 N–H and O–H groups in total. The van der Waals surface area contributed by atoms with Crippen LogP contribution in [-0.2, 0) is 11.2 Å². The third-order valence-electron chi connectivity index (χ3n) is 3.44. The van der Waals surface area contributed by atoms with Crippen LogP contribution in [0.3, 0.4) is 0 Å². The van der Waals surface area contributed by atoms with Crippen molar-refractivity contribution < 1.29 is 9.18 Å². The summed E-state index contributed by atoms with van der Waals surface area (Å²) >= 11 is 0. The molecule has 1 amide bonds. The van der Waals surface area contributed by atoms with Crippen molar-refractivity contribution in [2.45, 2.75) is 44.7 Å². The molecule has 1 aromatic rings. The van der Waals surface area contributed by atoms with Crippen LogP contribution in [0.1, 0.15) is 43.4 Å². The van der Waals surface area contributed by atoms with Crippen LogP contribution in [0.5, 0.6) is 0 Å². The Kier molecular flexibility index (Phi) is 5.76. The summed E-state index contributed by atoms with van der Waals surface area (Å²) in [5.41, 5.74) is 7.79. The highest BCUT2D eigenvalue weighted by Gasteiger charge is 2.25. The van der Waals surface area contributed by atoms with Crippen molar-refractivity contribution in [3.63, 3.8) is 0 Å². The number of carbonyl (C=O) groups is 1. The van der Waals surface area contributed by atoms with Crippen LogP contribution in [-0.4, -0.2) is 11.9 Å². The number of benzene rings is 1. The molecule has 1 aliphatic rings. The van der Waals surface area contributed by atoms with E-state index in [1.165, 1.54) is 6.07 Å². The number of hydrogen-bond acceptors (Lipinski definition) is 2. The molecule has 3 nitrogen and oxygen atoms in total. The summed E-state index contributed by atoms with van der Waals surface area (Å²) < 4.78 is 13.1. The quantitative estimate of drug-likeness (QED) is 0.893. The number of aryl methyl sites for hydroxylation is 1. The monoisotopic (exact) mass is 286 g/mol.